The number of amides is 2. The molecule has 4 rings (SSSR count). The first-order chi connectivity index (χ1) is 13.1. The van der Waals surface area contributed by atoms with Crippen LogP contribution in [0.3, 0.4) is 0 Å². The van der Waals surface area contributed by atoms with Crippen molar-refractivity contribution in [3.05, 3.63) is 71.3 Å². The molecule has 2 unspecified atom stereocenters. The fourth-order valence-electron chi connectivity index (χ4n) is 4.45. The number of carbonyl (C=O) groups is 2. The average molecular weight is 362 g/mol. The first-order valence-corrected chi connectivity index (χ1v) is 9.82. The van der Waals surface area contributed by atoms with Crippen molar-refractivity contribution in [3.8, 4) is 0 Å². The van der Waals surface area contributed by atoms with Crippen molar-refractivity contribution < 1.29 is 9.59 Å². The first kappa shape index (κ1) is 17.8. The van der Waals surface area contributed by atoms with Crippen molar-refractivity contribution in [2.24, 2.45) is 5.92 Å². The lowest BCUT2D eigenvalue weighted by Crippen LogP contribution is -2.35. The van der Waals surface area contributed by atoms with Gasteiger partial charge in [-0.05, 0) is 55.0 Å². The molecule has 0 aromatic heterocycles. The molecule has 4 heteroatoms. The molecule has 2 atom stereocenters. The van der Waals surface area contributed by atoms with Crippen molar-refractivity contribution >= 4 is 11.8 Å². The third-order valence-corrected chi connectivity index (χ3v) is 5.90. The van der Waals surface area contributed by atoms with Crippen LogP contribution in [0.15, 0.2) is 54.6 Å². The molecular weight excluding hydrogens is 336 g/mol. The summed E-state index contributed by atoms with van der Waals surface area (Å²) in [4.78, 5) is 29.1. The van der Waals surface area contributed by atoms with Crippen LogP contribution in [0.1, 0.15) is 52.0 Å². The number of rotatable bonds is 4. The fourth-order valence-corrected chi connectivity index (χ4v) is 4.45. The van der Waals surface area contributed by atoms with E-state index in [1.165, 1.54) is 19.3 Å². The Hall–Kier alpha value is -2.62. The SMILES string of the molecule is CN(Cc1ccc(C(=O)N2CC3CCCC2C3)cc1)C(=O)c1ccccc1. The summed E-state index contributed by atoms with van der Waals surface area (Å²) in [7, 11) is 1.80. The zero-order valence-corrected chi connectivity index (χ0v) is 15.8. The molecule has 27 heavy (non-hydrogen) atoms. The van der Waals surface area contributed by atoms with Crippen molar-refractivity contribution in [1.82, 2.24) is 9.80 Å². The summed E-state index contributed by atoms with van der Waals surface area (Å²) >= 11 is 0. The van der Waals surface area contributed by atoms with Crippen LogP contribution in [0.25, 0.3) is 0 Å². The number of benzene rings is 2. The van der Waals surface area contributed by atoms with E-state index >= 15 is 0 Å². The second-order valence-electron chi connectivity index (χ2n) is 7.87. The summed E-state index contributed by atoms with van der Waals surface area (Å²) < 4.78 is 0. The molecule has 140 valence electrons. The van der Waals surface area contributed by atoms with Gasteiger partial charge in [-0.15, -0.1) is 0 Å². The largest absolute Gasteiger partial charge is 0.337 e. The minimum Gasteiger partial charge on any atom is -0.337 e. The molecule has 1 heterocycles. The van der Waals surface area contributed by atoms with Crippen molar-refractivity contribution in [2.45, 2.75) is 38.3 Å². The number of likely N-dealkylation sites (tertiary alicyclic amines) is 1. The molecule has 0 N–H and O–H groups in total. The van der Waals surface area contributed by atoms with E-state index in [0.717, 1.165) is 24.1 Å². The maximum Gasteiger partial charge on any atom is 0.254 e. The van der Waals surface area contributed by atoms with Crippen molar-refractivity contribution in [2.75, 3.05) is 13.6 Å². The molecule has 2 aliphatic rings. The van der Waals surface area contributed by atoms with E-state index in [9.17, 15) is 9.59 Å². The number of fused-ring (bicyclic) bond motifs is 2. The number of hydrogen-bond acceptors (Lipinski definition) is 2. The normalized spacial score (nSPS) is 21.1. The van der Waals surface area contributed by atoms with E-state index in [0.29, 0.717) is 24.1 Å². The molecule has 2 aromatic rings. The van der Waals surface area contributed by atoms with Crippen LogP contribution in [-0.4, -0.2) is 41.2 Å². The van der Waals surface area contributed by atoms with Crippen LogP contribution in [0, 0.1) is 5.92 Å². The van der Waals surface area contributed by atoms with E-state index in [1.54, 1.807) is 11.9 Å². The maximum absolute atomic E-state index is 12.9. The van der Waals surface area contributed by atoms with E-state index in [-0.39, 0.29) is 11.8 Å². The summed E-state index contributed by atoms with van der Waals surface area (Å²) in [5, 5.41) is 0. The van der Waals surface area contributed by atoms with Crippen LogP contribution in [0.2, 0.25) is 0 Å². The van der Waals surface area contributed by atoms with E-state index in [2.05, 4.69) is 4.90 Å². The van der Waals surface area contributed by atoms with Gasteiger partial charge in [0, 0.05) is 37.3 Å². The Labute approximate surface area is 160 Å². The molecule has 1 aliphatic carbocycles. The standard InChI is InChI=1S/C23H26N2O2/c1-24(22(26)19-7-3-2-4-8-19)15-17-10-12-20(13-11-17)23(27)25-16-18-6-5-9-21(25)14-18/h2-4,7-8,10-13,18,21H,5-6,9,14-16H2,1H3. The predicted molar refractivity (Wildman–Crippen MR) is 105 cm³/mol. The summed E-state index contributed by atoms with van der Waals surface area (Å²) in [6, 6.07) is 17.5. The number of hydrogen-bond donors (Lipinski definition) is 0. The Kier molecular flexibility index (Phi) is 4.97. The van der Waals surface area contributed by atoms with Gasteiger partial charge in [-0.2, -0.15) is 0 Å². The molecule has 1 aliphatic heterocycles. The van der Waals surface area contributed by atoms with Crippen LogP contribution in [0.4, 0.5) is 0 Å². The Balaban J connectivity index is 1.40. The van der Waals surface area contributed by atoms with Gasteiger partial charge in [-0.3, -0.25) is 9.59 Å². The Morgan fingerprint density at radius 3 is 2.44 bits per heavy atom. The van der Waals surface area contributed by atoms with Crippen LogP contribution in [0.5, 0.6) is 0 Å². The van der Waals surface area contributed by atoms with Gasteiger partial charge in [-0.1, -0.05) is 36.8 Å². The minimum absolute atomic E-state index is 0.0000878. The van der Waals surface area contributed by atoms with Gasteiger partial charge in [0.05, 0.1) is 0 Å². The Morgan fingerprint density at radius 2 is 1.74 bits per heavy atom. The van der Waals surface area contributed by atoms with E-state index in [1.807, 2.05) is 54.6 Å². The van der Waals surface area contributed by atoms with Crippen molar-refractivity contribution in [3.63, 3.8) is 0 Å². The third-order valence-electron chi connectivity index (χ3n) is 5.90. The summed E-state index contributed by atoms with van der Waals surface area (Å²) in [5.41, 5.74) is 2.47. The zero-order chi connectivity index (χ0) is 18.8. The summed E-state index contributed by atoms with van der Waals surface area (Å²) in [6.07, 6.45) is 4.84. The lowest BCUT2D eigenvalue weighted by atomic mass is 9.90. The van der Waals surface area contributed by atoms with Gasteiger partial charge >= 0.3 is 0 Å². The van der Waals surface area contributed by atoms with Crippen LogP contribution < -0.4 is 0 Å². The van der Waals surface area contributed by atoms with Crippen molar-refractivity contribution in [1.29, 1.82) is 0 Å². The second kappa shape index (κ2) is 7.55. The van der Waals surface area contributed by atoms with Gasteiger partial charge in [0.15, 0.2) is 0 Å². The highest BCUT2D eigenvalue weighted by atomic mass is 16.2. The molecule has 2 fully saturated rings. The predicted octanol–water partition coefficient (Wildman–Crippen LogP) is 3.97. The molecule has 2 bridgehead atoms. The molecular formula is C23H26N2O2. The highest BCUT2D eigenvalue weighted by molar-refractivity contribution is 5.95. The van der Waals surface area contributed by atoms with Crippen LogP contribution in [-0.2, 0) is 6.54 Å². The van der Waals surface area contributed by atoms with Gasteiger partial charge in [0.2, 0.25) is 0 Å². The zero-order valence-electron chi connectivity index (χ0n) is 15.8. The Morgan fingerprint density at radius 1 is 1.00 bits per heavy atom. The minimum atomic E-state index is 0.0000878. The molecule has 0 spiro atoms. The summed E-state index contributed by atoms with van der Waals surface area (Å²) in [6.45, 7) is 1.44. The monoisotopic (exact) mass is 362 g/mol. The van der Waals surface area contributed by atoms with Gasteiger partial charge < -0.3 is 9.80 Å². The fraction of sp³-hybridized carbons (Fsp3) is 0.391. The third kappa shape index (κ3) is 3.75. The van der Waals surface area contributed by atoms with E-state index < -0.39 is 0 Å². The smallest absolute Gasteiger partial charge is 0.254 e. The van der Waals surface area contributed by atoms with Crippen LogP contribution >= 0.6 is 0 Å². The lowest BCUT2D eigenvalue weighted by molar-refractivity contribution is 0.0731. The average Bonchev–Trinajstić information content (AvgIpc) is 3.01. The molecule has 0 radical (unpaired) electrons. The number of carbonyl (C=O) groups excluding carboxylic acids is 2. The maximum atomic E-state index is 12.9. The lowest BCUT2D eigenvalue weighted by Gasteiger charge is -2.24. The number of nitrogens with zero attached hydrogens (tertiary/aromatic N) is 2. The molecule has 4 nitrogen and oxygen atoms in total. The molecule has 2 aromatic carbocycles. The van der Waals surface area contributed by atoms with Gasteiger partial charge in [0.1, 0.15) is 0 Å². The summed E-state index contributed by atoms with van der Waals surface area (Å²) in [5.74, 6) is 0.856. The highest BCUT2D eigenvalue weighted by Crippen LogP contribution is 2.36. The van der Waals surface area contributed by atoms with Gasteiger partial charge in [0.25, 0.3) is 11.8 Å². The molecule has 1 saturated carbocycles. The second-order valence-corrected chi connectivity index (χ2v) is 7.87. The highest BCUT2D eigenvalue weighted by Gasteiger charge is 2.37. The Bertz CT molecular complexity index is 816. The molecule has 2 amide bonds. The molecule has 1 saturated heterocycles. The first-order valence-electron chi connectivity index (χ1n) is 9.82. The van der Waals surface area contributed by atoms with E-state index in [4.69, 9.17) is 0 Å². The quantitative estimate of drug-likeness (QED) is 0.826. The van der Waals surface area contributed by atoms with Gasteiger partial charge in [-0.25, -0.2) is 0 Å². The topological polar surface area (TPSA) is 40.6 Å².